The predicted octanol–water partition coefficient (Wildman–Crippen LogP) is 2.73. The Morgan fingerprint density at radius 2 is 1.45 bits per heavy atom. The Hall–Kier alpha value is -4.07. The van der Waals surface area contributed by atoms with Crippen molar-refractivity contribution in [2.75, 3.05) is 38.6 Å². The zero-order chi connectivity index (χ0) is 23.2. The largest absolute Gasteiger partial charge is 0.497 e. The van der Waals surface area contributed by atoms with Crippen LogP contribution < -0.4 is 10.1 Å². The number of methoxy groups -OCH3 is 1. The topological polar surface area (TPSA) is 83.9 Å². The fourth-order valence-corrected chi connectivity index (χ4v) is 3.81. The van der Waals surface area contributed by atoms with E-state index in [0.29, 0.717) is 48.9 Å². The standard InChI is InChI=1S/C25H26N4O4/c1-33-21-11-9-20(10-12-21)26-23(30)18-29-13-5-8-22(29)25(32)28-16-14-27(15-17-28)24(31)19-6-3-2-4-7-19/h2-13H,14-18H2,1H3,(H,26,30). The van der Waals surface area contributed by atoms with E-state index < -0.39 is 0 Å². The molecular formula is C25H26N4O4. The summed E-state index contributed by atoms with van der Waals surface area (Å²) in [5.41, 5.74) is 1.75. The summed E-state index contributed by atoms with van der Waals surface area (Å²) in [5.74, 6) is 0.297. The van der Waals surface area contributed by atoms with Gasteiger partial charge >= 0.3 is 0 Å². The Bertz CT molecular complexity index is 1120. The van der Waals surface area contributed by atoms with Crippen LogP contribution in [0.15, 0.2) is 72.9 Å². The maximum absolute atomic E-state index is 13.1. The van der Waals surface area contributed by atoms with Crippen LogP contribution in [0.2, 0.25) is 0 Å². The van der Waals surface area contributed by atoms with Crippen molar-refractivity contribution in [2.24, 2.45) is 0 Å². The normalized spacial score (nSPS) is 13.5. The molecule has 1 fully saturated rings. The molecule has 0 unspecified atom stereocenters. The molecule has 2 heterocycles. The quantitative estimate of drug-likeness (QED) is 0.631. The van der Waals surface area contributed by atoms with Gasteiger partial charge in [0.05, 0.1) is 7.11 Å². The molecular weight excluding hydrogens is 420 g/mol. The molecule has 0 aliphatic carbocycles. The lowest BCUT2D eigenvalue weighted by molar-refractivity contribution is -0.116. The van der Waals surface area contributed by atoms with Gasteiger partial charge in [-0.1, -0.05) is 18.2 Å². The van der Waals surface area contributed by atoms with Crippen molar-refractivity contribution < 1.29 is 19.1 Å². The molecule has 4 rings (SSSR count). The Kier molecular flexibility index (Phi) is 6.73. The lowest BCUT2D eigenvalue weighted by atomic mass is 10.2. The van der Waals surface area contributed by atoms with Crippen LogP contribution in [0.3, 0.4) is 0 Å². The number of hydrogen-bond donors (Lipinski definition) is 1. The van der Waals surface area contributed by atoms with E-state index in [4.69, 9.17) is 4.74 Å². The predicted molar refractivity (Wildman–Crippen MR) is 124 cm³/mol. The van der Waals surface area contributed by atoms with Gasteiger partial charge in [-0.2, -0.15) is 0 Å². The number of aromatic nitrogens is 1. The summed E-state index contributed by atoms with van der Waals surface area (Å²) in [7, 11) is 1.58. The van der Waals surface area contributed by atoms with Gasteiger partial charge in [0.2, 0.25) is 5.91 Å². The second kappa shape index (κ2) is 10.0. The van der Waals surface area contributed by atoms with E-state index in [1.54, 1.807) is 76.2 Å². The van der Waals surface area contributed by atoms with Gasteiger partial charge in [0.1, 0.15) is 18.0 Å². The Balaban J connectivity index is 1.34. The second-order valence-corrected chi connectivity index (χ2v) is 7.75. The number of anilines is 1. The lowest BCUT2D eigenvalue weighted by Crippen LogP contribution is -2.51. The first kappa shape index (κ1) is 22.1. The summed E-state index contributed by atoms with van der Waals surface area (Å²) in [4.78, 5) is 41.7. The first-order valence-corrected chi connectivity index (χ1v) is 10.8. The van der Waals surface area contributed by atoms with Gasteiger partial charge < -0.3 is 24.4 Å². The Morgan fingerprint density at radius 1 is 0.818 bits per heavy atom. The van der Waals surface area contributed by atoms with Crippen LogP contribution in [0.25, 0.3) is 0 Å². The summed E-state index contributed by atoms with van der Waals surface area (Å²) in [6, 6.07) is 19.7. The summed E-state index contributed by atoms with van der Waals surface area (Å²) < 4.78 is 6.76. The molecule has 1 saturated heterocycles. The van der Waals surface area contributed by atoms with Crippen LogP contribution >= 0.6 is 0 Å². The van der Waals surface area contributed by atoms with Crippen LogP contribution in [-0.4, -0.2) is 65.4 Å². The highest BCUT2D eigenvalue weighted by atomic mass is 16.5. The van der Waals surface area contributed by atoms with Gasteiger partial charge in [0.15, 0.2) is 0 Å². The van der Waals surface area contributed by atoms with Crippen molar-refractivity contribution in [2.45, 2.75) is 6.54 Å². The van der Waals surface area contributed by atoms with Crippen LogP contribution in [0.5, 0.6) is 5.75 Å². The molecule has 8 nitrogen and oxygen atoms in total. The number of piperazine rings is 1. The van der Waals surface area contributed by atoms with Gasteiger partial charge in [-0.3, -0.25) is 14.4 Å². The van der Waals surface area contributed by atoms with E-state index in [-0.39, 0.29) is 24.3 Å². The molecule has 170 valence electrons. The number of carbonyl (C=O) groups is 3. The summed E-state index contributed by atoms with van der Waals surface area (Å²) in [5, 5.41) is 2.83. The van der Waals surface area contributed by atoms with Crippen LogP contribution in [0.1, 0.15) is 20.8 Å². The molecule has 1 N–H and O–H groups in total. The molecule has 0 spiro atoms. The Labute approximate surface area is 192 Å². The van der Waals surface area contributed by atoms with Crippen molar-refractivity contribution >= 4 is 23.4 Å². The maximum Gasteiger partial charge on any atom is 0.270 e. The first-order chi connectivity index (χ1) is 16.0. The molecule has 0 radical (unpaired) electrons. The van der Waals surface area contributed by atoms with E-state index in [2.05, 4.69) is 5.32 Å². The molecule has 1 aliphatic rings. The minimum atomic E-state index is -0.233. The highest BCUT2D eigenvalue weighted by Gasteiger charge is 2.27. The molecule has 1 aromatic heterocycles. The SMILES string of the molecule is COc1ccc(NC(=O)Cn2cccc2C(=O)N2CCN(C(=O)c3ccccc3)CC2)cc1. The van der Waals surface area contributed by atoms with Crippen LogP contribution in [0, 0.1) is 0 Å². The van der Waals surface area contributed by atoms with Crippen molar-refractivity contribution in [1.29, 1.82) is 0 Å². The highest BCUT2D eigenvalue weighted by Crippen LogP contribution is 2.16. The van der Waals surface area contributed by atoms with E-state index in [1.807, 2.05) is 18.2 Å². The average molecular weight is 447 g/mol. The number of nitrogens with one attached hydrogen (secondary N) is 1. The number of carbonyl (C=O) groups excluding carboxylic acids is 3. The molecule has 0 bridgehead atoms. The molecule has 0 atom stereocenters. The second-order valence-electron chi connectivity index (χ2n) is 7.75. The minimum Gasteiger partial charge on any atom is -0.497 e. The third kappa shape index (κ3) is 5.23. The average Bonchev–Trinajstić information content (AvgIpc) is 3.32. The van der Waals surface area contributed by atoms with E-state index >= 15 is 0 Å². The zero-order valence-corrected chi connectivity index (χ0v) is 18.4. The number of benzene rings is 2. The summed E-state index contributed by atoms with van der Waals surface area (Å²) in [6.07, 6.45) is 1.72. The van der Waals surface area contributed by atoms with Gasteiger partial charge in [-0.25, -0.2) is 0 Å². The third-order valence-electron chi connectivity index (χ3n) is 5.61. The van der Waals surface area contributed by atoms with Crippen molar-refractivity contribution in [3.8, 4) is 5.75 Å². The molecule has 3 amide bonds. The van der Waals surface area contributed by atoms with Gasteiger partial charge in [-0.05, 0) is 48.5 Å². The molecule has 2 aromatic carbocycles. The molecule has 1 aliphatic heterocycles. The first-order valence-electron chi connectivity index (χ1n) is 10.8. The minimum absolute atomic E-state index is 0.0204. The molecule has 33 heavy (non-hydrogen) atoms. The number of ether oxygens (including phenoxy) is 1. The highest BCUT2D eigenvalue weighted by molar-refractivity contribution is 5.96. The van der Waals surface area contributed by atoms with Gasteiger partial charge in [0.25, 0.3) is 11.8 Å². The summed E-state index contributed by atoms with van der Waals surface area (Å²) >= 11 is 0. The monoisotopic (exact) mass is 446 g/mol. The van der Waals surface area contributed by atoms with Gasteiger partial charge in [0, 0.05) is 43.6 Å². The fourth-order valence-electron chi connectivity index (χ4n) is 3.81. The fraction of sp³-hybridized carbons (Fsp3) is 0.240. The number of rotatable bonds is 6. The molecule has 0 saturated carbocycles. The summed E-state index contributed by atoms with van der Waals surface area (Å²) in [6.45, 7) is 1.85. The van der Waals surface area contributed by atoms with Crippen molar-refractivity contribution in [1.82, 2.24) is 14.4 Å². The number of amides is 3. The molecule has 8 heteroatoms. The number of hydrogen-bond acceptors (Lipinski definition) is 4. The van der Waals surface area contributed by atoms with Crippen molar-refractivity contribution in [3.05, 3.63) is 84.2 Å². The zero-order valence-electron chi connectivity index (χ0n) is 18.4. The smallest absolute Gasteiger partial charge is 0.270 e. The van der Waals surface area contributed by atoms with E-state index in [9.17, 15) is 14.4 Å². The number of nitrogens with zero attached hydrogens (tertiary/aromatic N) is 3. The van der Waals surface area contributed by atoms with Crippen LogP contribution in [-0.2, 0) is 11.3 Å². The van der Waals surface area contributed by atoms with E-state index in [0.717, 1.165) is 0 Å². The maximum atomic E-state index is 13.1. The van der Waals surface area contributed by atoms with Crippen molar-refractivity contribution in [3.63, 3.8) is 0 Å². The van der Waals surface area contributed by atoms with Gasteiger partial charge in [-0.15, -0.1) is 0 Å². The Morgan fingerprint density at radius 3 is 2.09 bits per heavy atom. The van der Waals surface area contributed by atoms with Crippen LogP contribution in [0.4, 0.5) is 5.69 Å². The van der Waals surface area contributed by atoms with E-state index in [1.165, 1.54) is 0 Å². The third-order valence-corrected chi connectivity index (χ3v) is 5.61. The molecule has 3 aromatic rings. The lowest BCUT2D eigenvalue weighted by Gasteiger charge is -2.35.